The maximum Gasteiger partial charge on any atom is 0.349 e. The lowest BCUT2D eigenvalue weighted by Gasteiger charge is -2.33. The van der Waals surface area contributed by atoms with Crippen molar-refractivity contribution in [3.8, 4) is 0 Å². The summed E-state index contributed by atoms with van der Waals surface area (Å²) in [4.78, 5) is 28.3. The second-order valence-electron chi connectivity index (χ2n) is 7.81. The Morgan fingerprint density at radius 3 is 2.45 bits per heavy atom. The van der Waals surface area contributed by atoms with E-state index >= 15 is 0 Å². The molecule has 1 fully saturated rings. The van der Waals surface area contributed by atoms with Gasteiger partial charge in [-0.1, -0.05) is 12.1 Å². The zero-order chi connectivity index (χ0) is 23.4. The zero-order valence-corrected chi connectivity index (χ0v) is 18.1. The highest BCUT2D eigenvalue weighted by molar-refractivity contribution is 5.94. The summed E-state index contributed by atoms with van der Waals surface area (Å²) >= 11 is 0. The summed E-state index contributed by atoms with van der Waals surface area (Å²) < 4.78 is 0.952. The molecule has 1 unspecified atom stereocenters. The third-order valence-corrected chi connectivity index (χ3v) is 5.49. The summed E-state index contributed by atoms with van der Waals surface area (Å²) in [7, 11) is 1.56. The van der Waals surface area contributed by atoms with E-state index < -0.39 is 11.6 Å². The van der Waals surface area contributed by atoms with Crippen molar-refractivity contribution < 1.29 is 14.7 Å². The first-order chi connectivity index (χ1) is 15.9. The lowest BCUT2D eigenvalue weighted by molar-refractivity contribution is 0.0123. The lowest BCUT2D eigenvalue weighted by Crippen LogP contribution is -2.43. The number of rotatable bonds is 5. The van der Waals surface area contributed by atoms with Crippen LogP contribution < -0.4 is 27.0 Å². The van der Waals surface area contributed by atoms with Gasteiger partial charge in [0.1, 0.15) is 5.60 Å². The standard InChI is InChI=1S/C22H26N8O3/c1-24-18(31)14-3-7-16(8-4-14)26-20-28-19(23)30(29-20)21(32)27-17-9-5-15(6-10-17)22(33)11-2-12-25-13-22/h3-10,25,33H,2,11-13H2,1H3,(H,24,31)(H,27,32)(H3,23,26,28,29). The molecule has 0 bridgehead atoms. The van der Waals surface area contributed by atoms with Gasteiger partial charge < -0.3 is 32.1 Å². The average Bonchev–Trinajstić information content (AvgIpc) is 3.20. The largest absolute Gasteiger partial charge is 0.384 e. The second-order valence-corrected chi connectivity index (χ2v) is 7.81. The number of nitrogens with two attached hydrogens (primary N) is 1. The number of carbonyl (C=O) groups excluding carboxylic acids is 2. The topological polar surface area (TPSA) is 159 Å². The number of amides is 2. The first kappa shape index (κ1) is 22.2. The summed E-state index contributed by atoms with van der Waals surface area (Å²) in [5, 5.41) is 26.3. The van der Waals surface area contributed by atoms with Gasteiger partial charge in [0.05, 0.1) is 0 Å². The van der Waals surface area contributed by atoms with Gasteiger partial charge >= 0.3 is 6.03 Å². The molecule has 2 heterocycles. The number of aromatic nitrogens is 3. The van der Waals surface area contributed by atoms with Crippen LogP contribution in [0.15, 0.2) is 48.5 Å². The van der Waals surface area contributed by atoms with Crippen LogP contribution in [0.4, 0.5) is 28.1 Å². The molecule has 0 radical (unpaired) electrons. The number of nitrogens with zero attached hydrogens (tertiary/aromatic N) is 3. The van der Waals surface area contributed by atoms with E-state index in [4.69, 9.17) is 5.73 Å². The molecule has 7 N–H and O–H groups in total. The fourth-order valence-electron chi connectivity index (χ4n) is 3.68. The summed E-state index contributed by atoms with van der Waals surface area (Å²) in [6, 6.07) is 13.1. The van der Waals surface area contributed by atoms with Crippen LogP contribution in [0.3, 0.4) is 0 Å². The maximum absolute atomic E-state index is 12.6. The van der Waals surface area contributed by atoms with Crippen molar-refractivity contribution >= 4 is 35.2 Å². The number of anilines is 4. The van der Waals surface area contributed by atoms with Gasteiger partial charge in [-0.2, -0.15) is 4.98 Å². The fraction of sp³-hybridized carbons (Fsp3) is 0.273. The molecular weight excluding hydrogens is 424 g/mol. The Bertz CT molecular complexity index is 1140. The Labute approximate surface area is 190 Å². The zero-order valence-electron chi connectivity index (χ0n) is 18.1. The Kier molecular flexibility index (Phi) is 6.24. The molecule has 1 aromatic heterocycles. The predicted octanol–water partition coefficient (Wildman–Crippen LogP) is 1.61. The Morgan fingerprint density at radius 1 is 1.12 bits per heavy atom. The van der Waals surface area contributed by atoms with Gasteiger partial charge in [0.15, 0.2) is 0 Å². The third-order valence-electron chi connectivity index (χ3n) is 5.49. The highest BCUT2D eigenvalue weighted by atomic mass is 16.3. The molecule has 0 aliphatic carbocycles. The van der Waals surface area contributed by atoms with E-state index in [2.05, 4.69) is 31.3 Å². The van der Waals surface area contributed by atoms with E-state index in [0.29, 0.717) is 29.9 Å². The van der Waals surface area contributed by atoms with Crippen LogP contribution in [0, 0.1) is 0 Å². The highest BCUT2D eigenvalue weighted by Crippen LogP contribution is 2.29. The summed E-state index contributed by atoms with van der Waals surface area (Å²) in [5.74, 6) is -0.142. The van der Waals surface area contributed by atoms with Crippen molar-refractivity contribution in [3.63, 3.8) is 0 Å². The minimum absolute atomic E-state index is 0.0869. The fourth-order valence-corrected chi connectivity index (χ4v) is 3.68. The Morgan fingerprint density at radius 2 is 1.82 bits per heavy atom. The molecule has 172 valence electrons. The van der Waals surface area contributed by atoms with Crippen LogP contribution in [-0.4, -0.2) is 51.9 Å². The molecule has 11 heteroatoms. The molecule has 1 saturated heterocycles. The monoisotopic (exact) mass is 450 g/mol. The van der Waals surface area contributed by atoms with Gasteiger partial charge in [-0.25, -0.2) is 4.79 Å². The number of aliphatic hydroxyl groups is 1. The molecule has 2 amide bonds. The summed E-state index contributed by atoms with van der Waals surface area (Å²) in [6.45, 7) is 1.40. The smallest absolute Gasteiger partial charge is 0.349 e. The molecule has 33 heavy (non-hydrogen) atoms. The molecule has 0 saturated carbocycles. The van der Waals surface area contributed by atoms with Crippen LogP contribution in [0.2, 0.25) is 0 Å². The van der Waals surface area contributed by atoms with E-state index in [-0.39, 0.29) is 17.8 Å². The molecule has 11 nitrogen and oxygen atoms in total. The quantitative estimate of drug-likeness (QED) is 0.342. The lowest BCUT2D eigenvalue weighted by atomic mass is 9.86. The Hall–Kier alpha value is -3.96. The highest BCUT2D eigenvalue weighted by Gasteiger charge is 2.31. The molecule has 1 aliphatic rings. The first-order valence-corrected chi connectivity index (χ1v) is 10.5. The van der Waals surface area contributed by atoms with Crippen molar-refractivity contribution in [2.75, 3.05) is 36.5 Å². The van der Waals surface area contributed by atoms with Crippen molar-refractivity contribution in [2.24, 2.45) is 0 Å². The van der Waals surface area contributed by atoms with E-state index in [1.165, 1.54) is 0 Å². The van der Waals surface area contributed by atoms with Crippen molar-refractivity contribution in [1.29, 1.82) is 0 Å². The van der Waals surface area contributed by atoms with Crippen LogP contribution in [0.5, 0.6) is 0 Å². The number of carbonyl (C=O) groups is 2. The van der Waals surface area contributed by atoms with Crippen LogP contribution in [0.1, 0.15) is 28.8 Å². The number of piperidine rings is 1. The predicted molar refractivity (Wildman–Crippen MR) is 124 cm³/mol. The number of benzene rings is 2. The van der Waals surface area contributed by atoms with Crippen LogP contribution in [-0.2, 0) is 5.60 Å². The normalized spacial score (nSPS) is 17.9. The van der Waals surface area contributed by atoms with Crippen LogP contribution >= 0.6 is 0 Å². The minimum atomic E-state index is -0.907. The van der Waals surface area contributed by atoms with E-state index in [0.717, 1.165) is 23.2 Å². The average molecular weight is 451 g/mol. The summed E-state index contributed by atoms with van der Waals surface area (Å²) in [5.41, 5.74) is 7.43. The number of nitrogen functional groups attached to an aromatic ring is 1. The molecule has 2 aromatic carbocycles. The van der Waals surface area contributed by atoms with Gasteiger partial charge in [0.2, 0.25) is 11.9 Å². The van der Waals surface area contributed by atoms with E-state index in [9.17, 15) is 14.7 Å². The SMILES string of the molecule is CNC(=O)c1ccc(Nc2nc(N)n(C(=O)Nc3ccc(C4(O)CCCNC4)cc3)n2)cc1. The van der Waals surface area contributed by atoms with Crippen molar-refractivity contribution in [1.82, 2.24) is 25.4 Å². The number of β-amino-alcohol motifs (C(OH)–C–C–N with tert-alkyl or cyclic N) is 1. The third kappa shape index (κ3) is 4.94. The summed E-state index contributed by atoms with van der Waals surface area (Å²) in [6.07, 6.45) is 1.58. The first-order valence-electron chi connectivity index (χ1n) is 10.5. The van der Waals surface area contributed by atoms with Crippen molar-refractivity contribution in [2.45, 2.75) is 18.4 Å². The van der Waals surface area contributed by atoms with E-state index in [1.54, 1.807) is 55.6 Å². The van der Waals surface area contributed by atoms with E-state index in [1.807, 2.05) is 0 Å². The molecule has 0 spiro atoms. The van der Waals surface area contributed by atoms with Crippen LogP contribution in [0.25, 0.3) is 0 Å². The molecular formula is C22H26N8O3. The minimum Gasteiger partial charge on any atom is -0.384 e. The van der Waals surface area contributed by atoms with Gasteiger partial charge in [-0.15, -0.1) is 9.78 Å². The molecule has 1 atom stereocenters. The number of hydrogen-bond donors (Lipinski definition) is 6. The van der Waals surface area contributed by atoms with Gasteiger partial charge in [-0.05, 0) is 61.3 Å². The molecule has 3 aromatic rings. The molecule has 4 rings (SSSR count). The Balaban J connectivity index is 1.41. The van der Waals surface area contributed by atoms with Gasteiger partial charge in [0, 0.05) is 30.5 Å². The van der Waals surface area contributed by atoms with Gasteiger partial charge in [0.25, 0.3) is 5.91 Å². The maximum atomic E-state index is 12.6. The number of hydrogen-bond acceptors (Lipinski definition) is 8. The van der Waals surface area contributed by atoms with Gasteiger partial charge in [-0.3, -0.25) is 4.79 Å². The second kappa shape index (κ2) is 9.27. The van der Waals surface area contributed by atoms with Crippen molar-refractivity contribution in [3.05, 3.63) is 59.7 Å². The number of nitrogens with one attached hydrogen (secondary N) is 4. The molecule has 1 aliphatic heterocycles.